The molecule has 2 heterocycles. The second kappa shape index (κ2) is 5.12. The van der Waals surface area contributed by atoms with Crippen LogP contribution in [0, 0.1) is 0 Å². The molecule has 3 heteroatoms. The molecule has 0 saturated heterocycles. The Bertz CT molecular complexity index is 527. The molecule has 1 N–H and O–H groups in total. The van der Waals surface area contributed by atoms with E-state index in [1.807, 2.05) is 30.2 Å². The lowest BCUT2D eigenvalue weighted by Crippen LogP contribution is -2.24. The van der Waals surface area contributed by atoms with Gasteiger partial charge in [0.15, 0.2) is 0 Å². The molecule has 92 valence electrons. The van der Waals surface area contributed by atoms with Crippen LogP contribution in [0.2, 0.25) is 0 Å². The highest BCUT2D eigenvalue weighted by atomic mass is 32.2. The lowest BCUT2D eigenvalue weighted by Gasteiger charge is -2.19. The van der Waals surface area contributed by atoms with Crippen molar-refractivity contribution in [2.24, 2.45) is 0 Å². The van der Waals surface area contributed by atoms with E-state index in [-0.39, 0.29) is 0 Å². The Morgan fingerprint density at radius 3 is 3.00 bits per heavy atom. The first-order chi connectivity index (χ1) is 8.84. The largest absolute Gasteiger partial charge is 0.302 e. The first kappa shape index (κ1) is 11.8. The third kappa shape index (κ3) is 2.28. The quantitative estimate of drug-likeness (QED) is 0.908. The van der Waals surface area contributed by atoms with E-state index in [0.29, 0.717) is 12.1 Å². The van der Waals surface area contributed by atoms with Gasteiger partial charge in [-0.25, -0.2) is 0 Å². The molecule has 0 aliphatic carbocycles. The first-order valence-corrected chi connectivity index (χ1v) is 7.21. The second-order valence-corrected chi connectivity index (χ2v) is 5.64. The van der Waals surface area contributed by atoms with Gasteiger partial charge in [-0.1, -0.05) is 24.3 Å². The fraction of sp³-hybridized carbons (Fsp3) is 0.267. The Morgan fingerprint density at radius 1 is 1.28 bits per heavy atom. The van der Waals surface area contributed by atoms with Gasteiger partial charge in [0.2, 0.25) is 0 Å². The fourth-order valence-electron chi connectivity index (χ4n) is 2.33. The van der Waals surface area contributed by atoms with Crippen LogP contribution in [0.25, 0.3) is 0 Å². The molecular weight excluding hydrogens is 240 g/mol. The average molecular weight is 256 g/mol. The van der Waals surface area contributed by atoms with Gasteiger partial charge in [-0.2, -0.15) is 0 Å². The van der Waals surface area contributed by atoms with Gasteiger partial charge in [-0.3, -0.25) is 4.98 Å². The van der Waals surface area contributed by atoms with Crippen molar-refractivity contribution in [1.82, 2.24) is 10.3 Å². The van der Waals surface area contributed by atoms with Crippen LogP contribution in [0.1, 0.15) is 30.1 Å². The number of aromatic nitrogens is 1. The number of pyridine rings is 1. The fourth-order valence-corrected chi connectivity index (χ4v) is 3.50. The van der Waals surface area contributed by atoms with E-state index in [2.05, 4.69) is 47.6 Å². The zero-order valence-electron chi connectivity index (χ0n) is 10.3. The van der Waals surface area contributed by atoms with Crippen molar-refractivity contribution in [2.75, 3.05) is 5.75 Å². The highest BCUT2D eigenvalue weighted by Gasteiger charge is 2.23. The summed E-state index contributed by atoms with van der Waals surface area (Å²) in [5.41, 5.74) is 2.67. The lowest BCUT2D eigenvalue weighted by atomic mass is 10.1. The van der Waals surface area contributed by atoms with Gasteiger partial charge in [-0.05, 0) is 30.2 Å². The number of fused-ring (bicyclic) bond motifs is 1. The van der Waals surface area contributed by atoms with Crippen LogP contribution in [0.3, 0.4) is 0 Å². The minimum atomic E-state index is 0.329. The predicted octanol–water partition coefficient (Wildman–Crippen LogP) is 3.58. The molecule has 2 nitrogen and oxygen atoms in total. The smallest absolute Gasteiger partial charge is 0.0431 e. The highest BCUT2D eigenvalue weighted by molar-refractivity contribution is 7.99. The van der Waals surface area contributed by atoms with Crippen LogP contribution < -0.4 is 5.32 Å². The van der Waals surface area contributed by atoms with Crippen LogP contribution in [0.5, 0.6) is 0 Å². The van der Waals surface area contributed by atoms with E-state index < -0.39 is 0 Å². The summed E-state index contributed by atoms with van der Waals surface area (Å²) in [5.74, 6) is 1.12. The molecule has 0 radical (unpaired) electrons. The monoisotopic (exact) mass is 256 g/mol. The summed E-state index contributed by atoms with van der Waals surface area (Å²) in [7, 11) is 0. The standard InChI is InChI=1S/C15H16N2S/c1-11(12-5-4-8-16-9-12)17-14-10-18-15-7-3-2-6-13(14)15/h2-9,11,14,17H,10H2,1H3/t11-,14?/m0/s1. The summed E-state index contributed by atoms with van der Waals surface area (Å²) in [6.07, 6.45) is 3.75. The maximum Gasteiger partial charge on any atom is 0.0431 e. The number of nitrogens with one attached hydrogen (secondary N) is 1. The summed E-state index contributed by atoms with van der Waals surface area (Å²) in [4.78, 5) is 5.59. The molecule has 2 aromatic rings. The Balaban J connectivity index is 1.75. The number of nitrogens with zero attached hydrogens (tertiary/aromatic N) is 1. The van der Waals surface area contributed by atoms with Gasteiger partial charge < -0.3 is 5.32 Å². The minimum absolute atomic E-state index is 0.329. The molecule has 0 bridgehead atoms. The molecule has 0 fully saturated rings. The van der Waals surface area contributed by atoms with E-state index in [1.165, 1.54) is 16.0 Å². The SMILES string of the molecule is C[C@H](NC1CSc2ccccc21)c1cccnc1. The maximum atomic E-state index is 4.18. The maximum absolute atomic E-state index is 4.18. The molecule has 0 saturated carbocycles. The van der Waals surface area contributed by atoms with Gasteiger partial charge >= 0.3 is 0 Å². The van der Waals surface area contributed by atoms with Crippen LogP contribution in [0.15, 0.2) is 53.7 Å². The second-order valence-electron chi connectivity index (χ2n) is 4.58. The van der Waals surface area contributed by atoms with Crippen molar-refractivity contribution in [3.8, 4) is 0 Å². The van der Waals surface area contributed by atoms with Gasteiger partial charge in [0.1, 0.15) is 0 Å². The van der Waals surface area contributed by atoms with Gasteiger partial charge in [0, 0.05) is 35.1 Å². The molecule has 1 aliphatic heterocycles. The molecule has 18 heavy (non-hydrogen) atoms. The summed E-state index contributed by atoms with van der Waals surface area (Å²) in [5, 5.41) is 3.69. The Labute approximate surface area is 112 Å². The zero-order valence-corrected chi connectivity index (χ0v) is 11.2. The number of hydrogen-bond acceptors (Lipinski definition) is 3. The van der Waals surface area contributed by atoms with Crippen LogP contribution in [-0.2, 0) is 0 Å². The molecule has 0 spiro atoms. The summed E-state index contributed by atoms with van der Waals surface area (Å²) in [6.45, 7) is 2.20. The lowest BCUT2D eigenvalue weighted by molar-refractivity contribution is 0.500. The molecule has 2 atom stereocenters. The molecule has 1 aromatic carbocycles. The van der Waals surface area contributed by atoms with Gasteiger partial charge in [0.25, 0.3) is 0 Å². The average Bonchev–Trinajstić information content (AvgIpc) is 2.83. The molecule has 0 amide bonds. The Kier molecular flexibility index (Phi) is 3.35. The first-order valence-electron chi connectivity index (χ1n) is 6.22. The van der Waals surface area contributed by atoms with Crippen molar-refractivity contribution < 1.29 is 0 Å². The normalized spacial score (nSPS) is 19.5. The number of thioether (sulfide) groups is 1. The highest BCUT2D eigenvalue weighted by Crippen LogP contribution is 2.38. The topological polar surface area (TPSA) is 24.9 Å². The predicted molar refractivity (Wildman–Crippen MR) is 75.7 cm³/mol. The number of benzene rings is 1. The van der Waals surface area contributed by atoms with Crippen molar-refractivity contribution in [2.45, 2.75) is 23.9 Å². The molecule has 3 rings (SSSR count). The zero-order chi connectivity index (χ0) is 12.4. The molecule has 1 aliphatic rings. The number of rotatable bonds is 3. The molecule has 1 unspecified atom stereocenters. The van der Waals surface area contributed by atoms with Crippen LogP contribution in [-0.4, -0.2) is 10.7 Å². The third-order valence-corrected chi connectivity index (χ3v) is 4.52. The molecular formula is C15H16N2S. The van der Waals surface area contributed by atoms with E-state index in [1.54, 1.807) is 0 Å². The van der Waals surface area contributed by atoms with Gasteiger partial charge in [-0.15, -0.1) is 11.8 Å². The van der Waals surface area contributed by atoms with Crippen molar-refractivity contribution >= 4 is 11.8 Å². The van der Waals surface area contributed by atoms with Crippen molar-refractivity contribution in [3.05, 3.63) is 59.9 Å². The summed E-state index contributed by atoms with van der Waals surface area (Å²) < 4.78 is 0. The number of hydrogen-bond donors (Lipinski definition) is 1. The summed E-state index contributed by atoms with van der Waals surface area (Å²) in [6, 6.07) is 13.5. The van der Waals surface area contributed by atoms with Crippen molar-refractivity contribution in [1.29, 1.82) is 0 Å². The third-order valence-electron chi connectivity index (χ3n) is 3.34. The van der Waals surface area contributed by atoms with E-state index in [9.17, 15) is 0 Å². The van der Waals surface area contributed by atoms with E-state index >= 15 is 0 Å². The van der Waals surface area contributed by atoms with Crippen molar-refractivity contribution in [3.63, 3.8) is 0 Å². The van der Waals surface area contributed by atoms with Crippen LogP contribution in [0.4, 0.5) is 0 Å². The van der Waals surface area contributed by atoms with E-state index in [0.717, 1.165) is 5.75 Å². The van der Waals surface area contributed by atoms with Gasteiger partial charge in [0.05, 0.1) is 0 Å². The Morgan fingerprint density at radius 2 is 2.17 bits per heavy atom. The molecule has 1 aromatic heterocycles. The minimum Gasteiger partial charge on any atom is -0.302 e. The van der Waals surface area contributed by atoms with E-state index in [4.69, 9.17) is 0 Å². The van der Waals surface area contributed by atoms with Crippen LogP contribution >= 0.6 is 11.8 Å². The summed E-state index contributed by atoms with van der Waals surface area (Å²) >= 11 is 1.94. The Hall–Kier alpha value is -1.32.